The van der Waals surface area contributed by atoms with Crippen LogP contribution in [0.2, 0.25) is 0 Å². The molecule has 0 aliphatic heterocycles. The average molecular weight is 290 g/mol. The molecule has 1 fully saturated rings. The number of rotatable bonds is 3. The summed E-state index contributed by atoms with van der Waals surface area (Å²) in [7, 11) is -3.89. The molecule has 1 aromatic carbocycles. The zero-order chi connectivity index (χ0) is 14.4. The zero-order valence-electron chi connectivity index (χ0n) is 10.1. The molecule has 0 atom stereocenters. The molecule has 0 radical (unpaired) electrons. The minimum atomic E-state index is -3.89. The van der Waals surface area contributed by atoms with Gasteiger partial charge in [0.25, 0.3) is 0 Å². The molecule has 2 rings (SSSR count). The lowest BCUT2D eigenvalue weighted by atomic mass is 9.64. The third-order valence-electron chi connectivity index (χ3n) is 3.58. The monoisotopic (exact) mass is 290 g/mol. The number of carbonyl (C=O) groups is 1. The van der Waals surface area contributed by atoms with Crippen molar-refractivity contribution in [3.8, 4) is 0 Å². The van der Waals surface area contributed by atoms with Gasteiger partial charge in [-0.15, -0.1) is 0 Å². The minimum Gasteiger partial charge on any atom is -0.481 e. The number of sulfone groups is 1. The first kappa shape index (κ1) is 13.9. The van der Waals surface area contributed by atoms with Gasteiger partial charge in [0.05, 0.1) is 5.41 Å². The SMILES string of the molecule is CS(=O)(=O)c1ccc(C2(C(=O)O)CCC2)c(F)c1F. The lowest BCUT2D eigenvalue weighted by Gasteiger charge is -2.38. The van der Waals surface area contributed by atoms with Gasteiger partial charge in [-0.2, -0.15) is 0 Å². The van der Waals surface area contributed by atoms with Gasteiger partial charge >= 0.3 is 5.97 Å². The molecule has 1 N–H and O–H groups in total. The molecule has 19 heavy (non-hydrogen) atoms. The molecule has 0 aromatic heterocycles. The second-order valence-corrected chi connectivity index (χ2v) is 6.74. The van der Waals surface area contributed by atoms with Gasteiger partial charge in [0.1, 0.15) is 4.90 Å². The second kappa shape index (κ2) is 4.26. The van der Waals surface area contributed by atoms with E-state index < -0.39 is 37.8 Å². The average Bonchev–Trinajstić information content (AvgIpc) is 2.20. The summed E-state index contributed by atoms with van der Waals surface area (Å²) in [4.78, 5) is 10.5. The van der Waals surface area contributed by atoms with Gasteiger partial charge in [-0.3, -0.25) is 4.79 Å². The van der Waals surface area contributed by atoms with Gasteiger partial charge in [0, 0.05) is 11.8 Å². The quantitative estimate of drug-likeness (QED) is 0.922. The zero-order valence-corrected chi connectivity index (χ0v) is 10.9. The predicted octanol–water partition coefficient (Wildman–Crippen LogP) is 1.87. The van der Waals surface area contributed by atoms with Crippen molar-refractivity contribution in [2.45, 2.75) is 29.6 Å². The molecule has 0 heterocycles. The van der Waals surface area contributed by atoms with Crippen LogP contribution in [0.5, 0.6) is 0 Å². The second-order valence-electron chi connectivity index (χ2n) is 4.75. The van der Waals surface area contributed by atoms with Gasteiger partial charge < -0.3 is 5.11 Å². The molecule has 0 saturated heterocycles. The predicted molar refractivity (Wildman–Crippen MR) is 62.6 cm³/mol. The van der Waals surface area contributed by atoms with Crippen LogP contribution in [0, 0.1) is 11.6 Å². The van der Waals surface area contributed by atoms with Crippen molar-refractivity contribution < 1.29 is 27.1 Å². The molecule has 0 unspecified atom stereocenters. The van der Waals surface area contributed by atoms with Crippen LogP contribution in [0.3, 0.4) is 0 Å². The van der Waals surface area contributed by atoms with E-state index >= 15 is 0 Å². The molecule has 7 heteroatoms. The van der Waals surface area contributed by atoms with Crippen LogP contribution in [-0.4, -0.2) is 25.7 Å². The Morgan fingerprint density at radius 3 is 2.21 bits per heavy atom. The largest absolute Gasteiger partial charge is 0.481 e. The Kier molecular flexibility index (Phi) is 3.12. The van der Waals surface area contributed by atoms with Crippen LogP contribution in [0.4, 0.5) is 8.78 Å². The number of halogens is 2. The van der Waals surface area contributed by atoms with E-state index in [1.165, 1.54) is 0 Å². The van der Waals surface area contributed by atoms with Crippen molar-refractivity contribution in [3.63, 3.8) is 0 Å². The third-order valence-corrected chi connectivity index (χ3v) is 4.69. The Bertz CT molecular complexity index is 648. The summed E-state index contributed by atoms with van der Waals surface area (Å²) in [6.45, 7) is 0. The summed E-state index contributed by atoms with van der Waals surface area (Å²) in [6.07, 6.45) is 1.82. The highest BCUT2D eigenvalue weighted by Crippen LogP contribution is 2.45. The molecule has 4 nitrogen and oxygen atoms in total. The number of benzene rings is 1. The standard InChI is InChI=1S/C12H12F2O4S/c1-19(17,18)8-4-3-7(9(13)10(8)14)12(11(15)16)5-2-6-12/h3-4H,2,5-6H2,1H3,(H,15,16). The first-order chi connectivity index (χ1) is 8.70. The first-order valence-corrected chi connectivity index (χ1v) is 7.51. The Labute approximate surface area is 109 Å². The Hall–Kier alpha value is -1.50. The highest BCUT2D eigenvalue weighted by Gasteiger charge is 2.48. The summed E-state index contributed by atoms with van der Waals surface area (Å²) in [6, 6.07) is 1.98. The number of hydrogen-bond donors (Lipinski definition) is 1. The Morgan fingerprint density at radius 2 is 1.84 bits per heavy atom. The summed E-state index contributed by atoms with van der Waals surface area (Å²) < 4.78 is 50.3. The number of hydrogen-bond acceptors (Lipinski definition) is 3. The van der Waals surface area contributed by atoms with E-state index in [2.05, 4.69) is 0 Å². The van der Waals surface area contributed by atoms with Crippen LogP contribution < -0.4 is 0 Å². The number of aliphatic carboxylic acids is 1. The van der Waals surface area contributed by atoms with E-state index in [1.807, 2.05) is 0 Å². The van der Waals surface area contributed by atoms with Crippen LogP contribution >= 0.6 is 0 Å². The molecule has 1 aromatic rings. The lowest BCUT2D eigenvalue weighted by Crippen LogP contribution is -2.43. The van der Waals surface area contributed by atoms with Crippen molar-refractivity contribution in [2.24, 2.45) is 0 Å². The van der Waals surface area contributed by atoms with Crippen LogP contribution in [0.15, 0.2) is 17.0 Å². The molecule has 1 saturated carbocycles. The Morgan fingerprint density at radius 1 is 1.26 bits per heavy atom. The number of carboxylic acid groups (broad SMARTS) is 1. The third kappa shape index (κ3) is 2.01. The highest BCUT2D eigenvalue weighted by atomic mass is 32.2. The molecule has 1 aliphatic rings. The fourth-order valence-electron chi connectivity index (χ4n) is 2.32. The van der Waals surface area contributed by atoms with E-state index in [-0.39, 0.29) is 18.4 Å². The summed E-state index contributed by atoms with van der Waals surface area (Å²) in [5.74, 6) is -4.11. The molecular formula is C12H12F2O4S. The molecule has 0 bridgehead atoms. The van der Waals surface area contributed by atoms with E-state index in [4.69, 9.17) is 0 Å². The van der Waals surface area contributed by atoms with E-state index in [9.17, 15) is 27.1 Å². The Balaban J connectivity index is 2.63. The van der Waals surface area contributed by atoms with E-state index in [0.717, 1.165) is 18.4 Å². The van der Waals surface area contributed by atoms with Gasteiger partial charge in [-0.1, -0.05) is 12.5 Å². The molecular weight excluding hydrogens is 278 g/mol. The smallest absolute Gasteiger partial charge is 0.314 e. The maximum absolute atomic E-state index is 14.0. The van der Waals surface area contributed by atoms with Crippen molar-refractivity contribution in [2.75, 3.05) is 6.26 Å². The highest BCUT2D eigenvalue weighted by molar-refractivity contribution is 7.90. The molecule has 1 aliphatic carbocycles. The molecule has 0 amide bonds. The topological polar surface area (TPSA) is 71.4 Å². The van der Waals surface area contributed by atoms with Crippen LogP contribution in [-0.2, 0) is 20.0 Å². The van der Waals surface area contributed by atoms with Crippen molar-refractivity contribution in [1.82, 2.24) is 0 Å². The normalized spacial score (nSPS) is 17.8. The molecule has 0 spiro atoms. The minimum absolute atomic E-state index is 0.219. The van der Waals surface area contributed by atoms with E-state index in [1.54, 1.807) is 0 Å². The van der Waals surface area contributed by atoms with Gasteiger partial charge in [-0.05, 0) is 18.9 Å². The van der Waals surface area contributed by atoms with Crippen molar-refractivity contribution in [1.29, 1.82) is 0 Å². The number of carboxylic acids is 1. The summed E-state index contributed by atoms with van der Waals surface area (Å²) in [5.41, 5.74) is -1.71. The van der Waals surface area contributed by atoms with Crippen LogP contribution in [0.25, 0.3) is 0 Å². The van der Waals surface area contributed by atoms with Crippen LogP contribution in [0.1, 0.15) is 24.8 Å². The lowest BCUT2D eigenvalue weighted by molar-refractivity contribution is -0.147. The van der Waals surface area contributed by atoms with Crippen molar-refractivity contribution in [3.05, 3.63) is 29.3 Å². The van der Waals surface area contributed by atoms with Gasteiger partial charge in [0.15, 0.2) is 21.5 Å². The maximum atomic E-state index is 14.0. The van der Waals surface area contributed by atoms with Gasteiger partial charge in [0.2, 0.25) is 0 Å². The first-order valence-electron chi connectivity index (χ1n) is 5.62. The fourth-order valence-corrected chi connectivity index (χ4v) is 3.05. The van der Waals surface area contributed by atoms with E-state index in [0.29, 0.717) is 6.42 Å². The van der Waals surface area contributed by atoms with Gasteiger partial charge in [-0.25, -0.2) is 17.2 Å². The summed E-state index contributed by atoms with van der Waals surface area (Å²) >= 11 is 0. The summed E-state index contributed by atoms with van der Waals surface area (Å²) in [5, 5.41) is 9.17. The molecule has 104 valence electrons. The van der Waals surface area contributed by atoms with Crippen molar-refractivity contribution >= 4 is 15.8 Å². The maximum Gasteiger partial charge on any atom is 0.314 e. The fraction of sp³-hybridized carbons (Fsp3) is 0.417.